The Labute approximate surface area is 181 Å². The number of carbonyl (C=O) groups is 1. The normalized spacial score (nSPS) is 20.9. The molecule has 1 saturated carbocycles. The molecular formula is C19H38IN5O2. The molecular weight excluding hydrogens is 457 g/mol. The van der Waals surface area contributed by atoms with E-state index in [1.165, 1.54) is 6.42 Å². The standard InChI is InChI=1S/C19H37N5O2.HI/c1-4-20-18(21-15-19(26)8-6-5-7-9-19)24-12-10-23(11-13-24)14-17(25)22-16(2)3;/h16,26H,4-15H2,1-3H3,(H,20,21)(H,22,25);1H. The summed E-state index contributed by atoms with van der Waals surface area (Å²) in [6.45, 7) is 11.2. The van der Waals surface area contributed by atoms with Gasteiger partial charge < -0.3 is 20.6 Å². The Morgan fingerprint density at radius 1 is 1.15 bits per heavy atom. The Bertz CT molecular complexity index is 473. The molecule has 1 aliphatic heterocycles. The Morgan fingerprint density at radius 2 is 1.78 bits per heavy atom. The van der Waals surface area contributed by atoms with Crippen molar-refractivity contribution in [2.24, 2.45) is 4.99 Å². The van der Waals surface area contributed by atoms with E-state index < -0.39 is 5.60 Å². The zero-order chi connectivity index (χ0) is 19.0. The van der Waals surface area contributed by atoms with Gasteiger partial charge in [0.05, 0.1) is 18.7 Å². The maximum Gasteiger partial charge on any atom is 0.234 e. The highest BCUT2D eigenvalue weighted by molar-refractivity contribution is 14.0. The number of hydrogen-bond acceptors (Lipinski definition) is 4. The SMILES string of the molecule is CCNC(=NCC1(O)CCCCC1)N1CCN(CC(=O)NC(C)C)CC1.I. The third-order valence-electron chi connectivity index (χ3n) is 5.13. The molecule has 0 bridgehead atoms. The minimum absolute atomic E-state index is 0. The summed E-state index contributed by atoms with van der Waals surface area (Å²) < 4.78 is 0. The van der Waals surface area contributed by atoms with Gasteiger partial charge in [0, 0.05) is 38.8 Å². The van der Waals surface area contributed by atoms with E-state index in [0.717, 1.165) is 64.4 Å². The lowest BCUT2D eigenvalue weighted by atomic mass is 9.85. The molecule has 1 heterocycles. The third kappa shape index (κ3) is 8.51. The summed E-state index contributed by atoms with van der Waals surface area (Å²) in [5, 5.41) is 17.0. The second-order valence-corrected chi connectivity index (χ2v) is 7.94. The van der Waals surface area contributed by atoms with Crippen molar-refractivity contribution in [2.45, 2.75) is 64.5 Å². The molecule has 0 aromatic carbocycles. The molecule has 0 unspecified atom stereocenters. The molecule has 1 aliphatic carbocycles. The largest absolute Gasteiger partial charge is 0.388 e. The molecule has 7 nitrogen and oxygen atoms in total. The number of guanidine groups is 1. The predicted octanol–water partition coefficient (Wildman–Crippen LogP) is 1.41. The molecule has 27 heavy (non-hydrogen) atoms. The van der Waals surface area contributed by atoms with E-state index in [9.17, 15) is 9.90 Å². The predicted molar refractivity (Wildman–Crippen MR) is 121 cm³/mol. The third-order valence-corrected chi connectivity index (χ3v) is 5.13. The van der Waals surface area contributed by atoms with Gasteiger partial charge in [0.1, 0.15) is 0 Å². The van der Waals surface area contributed by atoms with Crippen molar-refractivity contribution < 1.29 is 9.90 Å². The van der Waals surface area contributed by atoms with Crippen LogP contribution >= 0.6 is 24.0 Å². The second-order valence-electron chi connectivity index (χ2n) is 7.94. The number of aliphatic hydroxyl groups is 1. The molecule has 158 valence electrons. The van der Waals surface area contributed by atoms with Crippen LogP contribution in [0.2, 0.25) is 0 Å². The highest BCUT2D eigenvalue weighted by atomic mass is 127. The van der Waals surface area contributed by atoms with Crippen molar-refractivity contribution >= 4 is 35.8 Å². The number of aliphatic imine (C=N–C) groups is 1. The van der Waals surface area contributed by atoms with E-state index in [0.29, 0.717) is 13.1 Å². The van der Waals surface area contributed by atoms with Crippen molar-refractivity contribution in [3.63, 3.8) is 0 Å². The number of piperazine rings is 1. The molecule has 0 aromatic heterocycles. The van der Waals surface area contributed by atoms with Crippen molar-refractivity contribution in [1.29, 1.82) is 0 Å². The highest BCUT2D eigenvalue weighted by Gasteiger charge is 2.29. The van der Waals surface area contributed by atoms with Crippen LogP contribution in [-0.4, -0.2) is 84.2 Å². The highest BCUT2D eigenvalue weighted by Crippen LogP contribution is 2.28. The maximum absolute atomic E-state index is 11.9. The lowest BCUT2D eigenvalue weighted by Crippen LogP contribution is -2.54. The first-order valence-corrected chi connectivity index (χ1v) is 10.2. The fourth-order valence-electron chi connectivity index (χ4n) is 3.70. The monoisotopic (exact) mass is 495 g/mol. The summed E-state index contributed by atoms with van der Waals surface area (Å²) in [6, 6.07) is 0.182. The van der Waals surface area contributed by atoms with E-state index in [2.05, 4.69) is 27.4 Å². The van der Waals surface area contributed by atoms with E-state index >= 15 is 0 Å². The first-order valence-electron chi connectivity index (χ1n) is 10.2. The Morgan fingerprint density at radius 3 is 2.33 bits per heavy atom. The van der Waals surface area contributed by atoms with E-state index in [1.54, 1.807) is 0 Å². The summed E-state index contributed by atoms with van der Waals surface area (Å²) in [6.07, 6.45) is 5.13. The minimum atomic E-state index is -0.629. The summed E-state index contributed by atoms with van der Waals surface area (Å²) in [4.78, 5) is 21.1. The first kappa shape index (κ1) is 24.4. The van der Waals surface area contributed by atoms with Crippen LogP contribution < -0.4 is 10.6 Å². The Hall–Kier alpha value is -0.610. The van der Waals surface area contributed by atoms with E-state index in [-0.39, 0.29) is 35.9 Å². The molecule has 1 amide bonds. The van der Waals surface area contributed by atoms with Crippen molar-refractivity contribution in [1.82, 2.24) is 20.4 Å². The number of nitrogens with zero attached hydrogens (tertiary/aromatic N) is 3. The van der Waals surface area contributed by atoms with Crippen LogP contribution in [0.1, 0.15) is 52.9 Å². The molecule has 2 fully saturated rings. The van der Waals surface area contributed by atoms with Crippen LogP contribution in [0, 0.1) is 0 Å². The molecule has 3 N–H and O–H groups in total. The number of rotatable bonds is 6. The van der Waals surface area contributed by atoms with Gasteiger partial charge in [-0.3, -0.25) is 14.7 Å². The molecule has 0 spiro atoms. The molecule has 1 saturated heterocycles. The van der Waals surface area contributed by atoms with E-state index in [1.807, 2.05) is 13.8 Å². The van der Waals surface area contributed by atoms with Gasteiger partial charge in [-0.25, -0.2) is 0 Å². The van der Waals surface area contributed by atoms with Crippen LogP contribution in [0.25, 0.3) is 0 Å². The molecule has 0 radical (unpaired) electrons. The smallest absolute Gasteiger partial charge is 0.234 e. The average molecular weight is 495 g/mol. The fourth-order valence-corrected chi connectivity index (χ4v) is 3.70. The summed E-state index contributed by atoms with van der Waals surface area (Å²) in [5.41, 5.74) is -0.629. The quantitative estimate of drug-likeness (QED) is 0.295. The lowest BCUT2D eigenvalue weighted by molar-refractivity contribution is -0.123. The van der Waals surface area contributed by atoms with Gasteiger partial charge in [-0.05, 0) is 33.6 Å². The number of amides is 1. The molecule has 2 aliphatic rings. The van der Waals surface area contributed by atoms with Gasteiger partial charge in [-0.2, -0.15) is 0 Å². The van der Waals surface area contributed by atoms with Gasteiger partial charge in [-0.15, -0.1) is 24.0 Å². The van der Waals surface area contributed by atoms with Gasteiger partial charge in [-0.1, -0.05) is 19.3 Å². The van der Waals surface area contributed by atoms with Gasteiger partial charge >= 0.3 is 0 Å². The number of halogens is 1. The van der Waals surface area contributed by atoms with Crippen molar-refractivity contribution in [3.05, 3.63) is 0 Å². The summed E-state index contributed by atoms with van der Waals surface area (Å²) in [7, 11) is 0. The van der Waals surface area contributed by atoms with Crippen LogP contribution in [-0.2, 0) is 4.79 Å². The van der Waals surface area contributed by atoms with Gasteiger partial charge in [0.15, 0.2) is 5.96 Å². The molecule has 2 rings (SSSR count). The average Bonchev–Trinajstić information content (AvgIpc) is 2.59. The Balaban J connectivity index is 0.00000364. The summed E-state index contributed by atoms with van der Waals surface area (Å²) in [5.74, 6) is 0.978. The minimum Gasteiger partial charge on any atom is -0.388 e. The zero-order valence-electron chi connectivity index (χ0n) is 17.2. The number of carbonyl (C=O) groups excluding carboxylic acids is 1. The van der Waals surface area contributed by atoms with Crippen molar-refractivity contribution in [2.75, 3.05) is 45.8 Å². The summed E-state index contributed by atoms with van der Waals surface area (Å²) >= 11 is 0. The second kappa shape index (κ2) is 12.1. The first-order chi connectivity index (χ1) is 12.4. The topological polar surface area (TPSA) is 80.2 Å². The number of nitrogens with one attached hydrogen (secondary N) is 2. The fraction of sp³-hybridized carbons (Fsp3) is 0.895. The zero-order valence-corrected chi connectivity index (χ0v) is 19.5. The van der Waals surface area contributed by atoms with Gasteiger partial charge in [0.25, 0.3) is 0 Å². The van der Waals surface area contributed by atoms with Crippen LogP contribution in [0.4, 0.5) is 0 Å². The lowest BCUT2D eigenvalue weighted by Gasteiger charge is -2.37. The van der Waals surface area contributed by atoms with Crippen LogP contribution in [0.15, 0.2) is 4.99 Å². The molecule has 8 heteroatoms. The molecule has 0 atom stereocenters. The van der Waals surface area contributed by atoms with Crippen LogP contribution in [0.3, 0.4) is 0 Å². The molecule has 0 aromatic rings. The van der Waals surface area contributed by atoms with Crippen LogP contribution in [0.5, 0.6) is 0 Å². The Kier molecular flexibility index (Phi) is 10.9. The van der Waals surface area contributed by atoms with Gasteiger partial charge in [0.2, 0.25) is 5.91 Å². The van der Waals surface area contributed by atoms with Crippen molar-refractivity contribution in [3.8, 4) is 0 Å². The maximum atomic E-state index is 11.9. The van der Waals surface area contributed by atoms with E-state index in [4.69, 9.17) is 4.99 Å². The number of hydrogen-bond donors (Lipinski definition) is 3.